The zero-order valence-electron chi connectivity index (χ0n) is 17.2. The van der Waals surface area contributed by atoms with Gasteiger partial charge in [0.15, 0.2) is 11.5 Å². The number of carbonyl (C=O) groups is 1. The molecule has 1 aromatic heterocycles. The molecule has 0 spiro atoms. The van der Waals surface area contributed by atoms with Crippen LogP contribution in [-0.2, 0) is 13.5 Å². The van der Waals surface area contributed by atoms with Crippen molar-refractivity contribution in [1.82, 2.24) is 19.7 Å². The summed E-state index contributed by atoms with van der Waals surface area (Å²) < 4.78 is 12.3. The van der Waals surface area contributed by atoms with E-state index >= 15 is 0 Å². The van der Waals surface area contributed by atoms with Crippen molar-refractivity contribution in [3.8, 4) is 17.2 Å². The minimum absolute atomic E-state index is 0.249. The predicted octanol–water partition coefficient (Wildman–Crippen LogP) is 1.57. The van der Waals surface area contributed by atoms with Crippen molar-refractivity contribution in [3.05, 3.63) is 79.6 Å². The van der Waals surface area contributed by atoms with Crippen LogP contribution in [0, 0.1) is 0 Å². The van der Waals surface area contributed by atoms with Gasteiger partial charge in [0.25, 0.3) is 11.5 Å². The van der Waals surface area contributed by atoms with Crippen molar-refractivity contribution >= 4 is 17.5 Å². The third kappa shape index (κ3) is 4.77. The average molecular weight is 445 g/mol. The monoisotopic (exact) mass is 444 g/mol. The third-order valence-corrected chi connectivity index (χ3v) is 4.86. The van der Waals surface area contributed by atoms with Crippen LogP contribution in [0.2, 0.25) is 5.02 Å². The summed E-state index contributed by atoms with van der Waals surface area (Å²) in [5.74, 6) is 0.508. The van der Waals surface area contributed by atoms with E-state index in [9.17, 15) is 14.4 Å². The molecule has 0 saturated heterocycles. The molecule has 1 amide bonds. The average Bonchev–Trinajstić information content (AvgIpc) is 2.78. The van der Waals surface area contributed by atoms with Crippen LogP contribution in [0.1, 0.15) is 16.1 Å². The Morgan fingerprint density at radius 2 is 1.74 bits per heavy atom. The fourth-order valence-corrected chi connectivity index (χ4v) is 3.03. The molecule has 0 fully saturated rings. The molecule has 31 heavy (non-hydrogen) atoms. The van der Waals surface area contributed by atoms with Crippen LogP contribution in [0.3, 0.4) is 0 Å². The summed E-state index contributed by atoms with van der Waals surface area (Å²) in [5, 5.41) is 7.13. The zero-order chi connectivity index (χ0) is 22.5. The first kappa shape index (κ1) is 22.1. The number of ether oxygens (including phenoxy) is 2. The molecule has 1 N–H and O–H groups in total. The quantitative estimate of drug-likeness (QED) is 0.593. The molecule has 9 nitrogen and oxygen atoms in total. The van der Waals surface area contributed by atoms with E-state index in [1.807, 2.05) is 12.1 Å². The highest BCUT2D eigenvalue weighted by Crippen LogP contribution is 2.27. The summed E-state index contributed by atoms with van der Waals surface area (Å²) in [5.41, 5.74) is -0.549. The molecule has 0 bridgehead atoms. The van der Waals surface area contributed by atoms with Crippen molar-refractivity contribution in [2.24, 2.45) is 7.05 Å². The van der Waals surface area contributed by atoms with E-state index in [-0.39, 0.29) is 12.2 Å². The number of rotatable bonds is 7. The van der Waals surface area contributed by atoms with Gasteiger partial charge in [-0.05, 0) is 48.4 Å². The molecule has 0 saturated carbocycles. The Kier molecular flexibility index (Phi) is 6.76. The number of nitrogens with zero attached hydrogens (tertiary/aromatic N) is 3. The van der Waals surface area contributed by atoms with Crippen LogP contribution in [-0.4, -0.2) is 41.0 Å². The smallest absolute Gasteiger partial charge is 0.351 e. The highest BCUT2D eigenvalue weighted by atomic mass is 35.5. The zero-order valence-corrected chi connectivity index (χ0v) is 18.0. The molecule has 0 aliphatic rings. The number of methoxy groups -OCH3 is 2. The van der Waals surface area contributed by atoms with Gasteiger partial charge in [0.05, 0.1) is 19.9 Å². The minimum atomic E-state index is -0.779. The molecule has 3 aromatic rings. The Morgan fingerprint density at radius 3 is 2.39 bits per heavy atom. The van der Waals surface area contributed by atoms with E-state index in [0.717, 1.165) is 14.8 Å². The van der Waals surface area contributed by atoms with Gasteiger partial charge in [0.1, 0.15) is 0 Å². The van der Waals surface area contributed by atoms with Gasteiger partial charge in [0, 0.05) is 18.6 Å². The van der Waals surface area contributed by atoms with Crippen LogP contribution >= 0.6 is 11.6 Å². The molecule has 162 valence electrons. The van der Waals surface area contributed by atoms with E-state index in [1.165, 1.54) is 7.05 Å². The fraction of sp³-hybridized carbons (Fsp3) is 0.238. The van der Waals surface area contributed by atoms with Crippen LogP contribution < -0.4 is 26.0 Å². The molecular weight excluding hydrogens is 424 g/mol. The Bertz CT molecular complexity index is 1220. The molecule has 2 aromatic carbocycles. The van der Waals surface area contributed by atoms with E-state index in [2.05, 4.69) is 10.4 Å². The van der Waals surface area contributed by atoms with Gasteiger partial charge in [-0.1, -0.05) is 17.7 Å². The van der Waals surface area contributed by atoms with E-state index < -0.39 is 17.2 Å². The van der Waals surface area contributed by atoms with Gasteiger partial charge in [-0.2, -0.15) is 9.78 Å². The lowest BCUT2D eigenvalue weighted by atomic mass is 10.1. The number of nitrogens with one attached hydrogen (secondary N) is 1. The van der Waals surface area contributed by atoms with Gasteiger partial charge >= 0.3 is 5.69 Å². The number of hydrogen-bond donors (Lipinski definition) is 1. The van der Waals surface area contributed by atoms with Gasteiger partial charge in [0.2, 0.25) is 5.69 Å². The SMILES string of the molecule is COc1ccc(CCNC(=O)c2nn(-c3ccc(Cl)cc3)c(=O)n(C)c2=O)cc1OC. The van der Waals surface area contributed by atoms with Crippen molar-refractivity contribution in [2.75, 3.05) is 20.8 Å². The summed E-state index contributed by atoms with van der Waals surface area (Å²) in [6.07, 6.45) is 0.489. The predicted molar refractivity (Wildman–Crippen MR) is 116 cm³/mol. The van der Waals surface area contributed by atoms with Gasteiger partial charge in [-0.15, -0.1) is 0 Å². The summed E-state index contributed by atoms with van der Waals surface area (Å²) in [6, 6.07) is 11.7. The highest BCUT2D eigenvalue weighted by Gasteiger charge is 2.18. The number of carbonyl (C=O) groups excluding carboxylic acids is 1. The molecule has 1 heterocycles. The summed E-state index contributed by atoms with van der Waals surface area (Å²) in [7, 11) is 4.38. The number of amides is 1. The lowest BCUT2D eigenvalue weighted by Gasteiger charge is -2.11. The summed E-state index contributed by atoms with van der Waals surface area (Å²) in [4.78, 5) is 37.5. The van der Waals surface area contributed by atoms with Crippen LogP contribution in [0.15, 0.2) is 52.1 Å². The molecule has 0 radical (unpaired) electrons. The standard InChI is InChI=1S/C21H21ClN4O5/c1-25-20(28)18(24-26(21(25)29)15-7-5-14(22)6-8-15)19(27)23-11-10-13-4-9-16(30-2)17(12-13)31-3/h4-9,12H,10-11H2,1-3H3,(H,23,27). The molecule has 0 atom stereocenters. The summed E-state index contributed by atoms with van der Waals surface area (Å²) in [6.45, 7) is 0.249. The number of hydrogen-bond acceptors (Lipinski definition) is 6. The van der Waals surface area contributed by atoms with Crippen LogP contribution in [0.25, 0.3) is 5.69 Å². The third-order valence-electron chi connectivity index (χ3n) is 4.61. The second kappa shape index (κ2) is 9.48. The molecule has 0 aliphatic carbocycles. The second-order valence-electron chi connectivity index (χ2n) is 6.58. The maximum atomic E-state index is 12.6. The first-order valence-electron chi connectivity index (χ1n) is 9.31. The van der Waals surface area contributed by atoms with Gasteiger partial charge < -0.3 is 14.8 Å². The minimum Gasteiger partial charge on any atom is -0.493 e. The first-order valence-corrected chi connectivity index (χ1v) is 9.69. The van der Waals surface area contributed by atoms with E-state index in [1.54, 1.807) is 44.6 Å². The molecular formula is C21H21ClN4O5. The van der Waals surface area contributed by atoms with Crippen molar-refractivity contribution in [2.45, 2.75) is 6.42 Å². The maximum Gasteiger partial charge on any atom is 0.351 e. The lowest BCUT2D eigenvalue weighted by molar-refractivity contribution is 0.0944. The number of benzene rings is 2. The maximum absolute atomic E-state index is 12.6. The second-order valence-corrected chi connectivity index (χ2v) is 7.02. The largest absolute Gasteiger partial charge is 0.493 e. The summed E-state index contributed by atoms with van der Waals surface area (Å²) >= 11 is 5.88. The number of halogens is 1. The van der Waals surface area contributed by atoms with Gasteiger partial charge in [-0.3, -0.25) is 14.2 Å². The first-order chi connectivity index (χ1) is 14.8. The van der Waals surface area contributed by atoms with Gasteiger partial charge in [-0.25, -0.2) is 4.79 Å². The lowest BCUT2D eigenvalue weighted by Crippen LogP contribution is -2.44. The highest BCUT2D eigenvalue weighted by molar-refractivity contribution is 6.30. The molecule has 0 unspecified atom stereocenters. The van der Waals surface area contributed by atoms with Crippen LogP contribution in [0.5, 0.6) is 11.5 Å². The number of aromatic nitrogens is 3. The Balaban J connectivity index is 1.79. The fourth-order valence-electron chi connectivity index (χ4n) is 2.91. The Hall–Kier alpha value is -3.59. The molecule has 0 aliphatic heterocycles. The molecule has 10 heteroatoms. The van der Waals surface area contributed by atoms with Crippen LogP contribution in [0.4, 0.5) is 0 Å². The Morgan fingerprint density at radius 1 is 1.06 bits per heavy atom. The molecule has 3 rings (SSSR count). The van der Waals surface area contributed by atoms with Crippen molar-refractivity contribution in [3.63, 3.8) is 0 Å². The van der Waals surface area contributed by atoms with Crippen molar-refractivity contribution < 1.29 is 14.3 Å². The van der Waals surface area contributed by atoms with E-state index in [0.29, 0.717) is 28.6 Å². The van der Waals surface area contributed by atoms with E-state index in [4.69, 9.17) is 21.1 Å². The normalized spacial score (nSPS) is 10.6. The Labute approximate surface area is 182 Å². The van der Waals surface area contributed by atoms with Crippen molar-refractivity contribution in [1.29, 1.82) is 0 Å². The topological polar surface area (TPSA) is 104 Å².